The number of hydrogen-bond acceptors (Lipinski definition) is 6. The number of fused-ring (bicyclic) bond motifs is 1. The second-order valence-electron chi connectivity index (χ2n) is 7.82. The molecule has 0 bridgehead atoms. The Morgan fingerprint density at radius 1 is 0.938 bits per heavy atom. The highest BCUT2D eigenvalue weighted by molar-refractivity contribution is 5.90. The summed E-state index contributed by atoms with van der Waals surface area (Å²) in [5.74, 6) is -0.345. The Balaban J connectivity index is 1.29. The van der Waals surface area contributed by atoms with Gasteiger partial charge in [0.05, 0.1) is 11.9 Å². The molecule has 3 heterocycles. The van der Waals surface area contributed by atoms with E-state index < -0.39 is 5.56 Å². The molecule has 2 aromatic carbocycles. The molecule has 0 atom stereocenters. The molecule has 1 aliphatic heterocycles. The molecule has 9 heteroatoms. The predicted molar refractivity (Wildman–Crippen MR) is 122 cm³/mol. The second kappa shape index (κ2) is 8.62. The number of carbonyl (C=O) groups is 1. The van der Waals surface area contributed by atoms with Crippen molar-refractivity contribution in [1.29, 1.82) is 0 Å². The molecule has 0 spiro atoms. The van der Waals surface area contributed by atoms with Crippen LogP contribution < -0.4 is 15.8 Å². The van der Waals surface area contributed by atoms with Gasteiger partial charge < -0.3 is 10.2 Å². The zero-order valence-corrected chi connectivity index (χ0v) is 17.5. The maximum atomic E-state index is 12.8. The molecule has 162 valence electrons. The standard InChI is InChI=1S/C23H23N7O2/c31-21(25-17-9-11-18(12-10-17)28-13-5-2-6-14-28)16-29-23(32)20-15-24-30(22(20)26-27-29)19-7-3-1-4-8-19/h1,3-4,7-12,15H,2,5-6,13-14,16H2,(H,25,31). The lowest BCUT2D eigenvalue weighted by atomic mass is 10.1. The molecule has 2 aromatic heterocycles. The van der Waals surface area contributed by atoms with Crippen LogP contribution in [0, 0.1) is 0 Å². The van der Waals surface area contributed by atoms with Crippen molar-refractivity contribution in [2.75, 3.05) is 23.3 Å². The molecule has 1 saturated heterocycles. The highest BCUT2D eigenvalue weighted by Crippen LogP contribution is 2.21. The van der Waals surface area contributed by atoms with Crippen LogP contribution >= 0.6 is 0 Å². The number of amides is 1. The molecule has 1 N–H and O–H groups in total. The van der Waals surface area contributed by atoms with Gasteiger partial charge in [0, 0.05) is 24.5 Å². The summed E-state index contributed by atoms with van der Waals surface area (Å²) >= 11 is 0. The minimum atomic E-state index is -0.409. The average Bonchev–Trinajstić information content (AvgIpc) is 3.27. The molecule has 1 fully saturated rings. The second-order valence-corrected chi connectivity index (χ2v) is 7.82. The number of nitrogens with one attached hydrogen (secondary N) is 1. The van der Waals surface area contributed by atoms with E-state index in [-0.39, 0.29) is 12.5 Å². The highest BCUT2D eigenvalue weighted by Gasteiger charge is 2.15. The highest BCUT2D eigenvalue weighted by atomic mass is 16.2. The summed E-state index contributed by atoms with van der Waals surface area (Å²) in [6.07, 6.45) is 5.16. The van der Waals surface area contributed by atoms with Crippen molar-refractivity contribution in [3.63, 3.8) is 0 Å². The third kappa shape index (κ3) is 3.96. The van der Waals surface area contributed by atoms with Gasteiger partial charge in [-0.1, -0.05) is 23.4 Å². The van der Waals surface area contributed by atoms with Crippen molar-refractivity contribution in [1.82, 2.24) is 24.8 Å². The predicted octanol–water partition coefficient (Wildman–Crippen LogP) is 2.61. The number of anilines is 2. The molecule has 0 unspecified atom stereocenters. The maximum Gasteiger partial charge on any atom is 0.281 e. The van der Waals surface area contributed by atoms with Gasteiger partial charge in [0.25, 0.3) is 5.56 Å². The van der Waals surface area contributed by atoms with Gasteiger partial charge in [-0.05, 0) is 55.7 Å². The number of rotatable bonds is 5. The zero-order valence-electron chi connectivity index (χ0n) is 17.5. The molecular weight excluding hydrogens is 406 g/mol. The van der Waals surface area contributed by atoms with Crippen LogP contribution in [0.1, 0.15) is 19.3 Å². The van der Waals surface area contributed by atoms with Gasteiger partial charge in [-0.25, -0.2) is 9.36 Å². The maximum absolute atomic E-state index is 12.8. The van der Waals surface area contributed by atoms with E-state index in [2.05, 4.69) is 25.6 Å². The fourth-order valence-electron chi connectivity index (χ4n) is 3.97. The number of para-hydroxylation sites is 1. The topological polar surface area (TPSA) is 97.9 Å². The van der Waals surface area contributed by atoms with Crippen LogP contribution in [0.3, 0.4) is 0 Å². The molecule has 1 amide bonds. The number of benzene rings is 2. The summed E-state index contributed by atoms with van der Waals surface area (Å²) in [5, 5.41) is 15.5. The number of piperidine rings is 1. The largest absolute Gasteiger partial charge is 0.372 e. The Hall–Kier alpha value is -4.01. The van der Waals surface area contributed by atoms with E-state index in [1.54, 1.807) is 4.68 Å². The minimum Gasteiger partial charge on any atom is -0.372 e. The number of hydrogen-bond donors (Lipinski definition) is 1. The first-order valence-electron chi connectivity index (χ1n) is 10.7. The summed E-state index contributed by atoms with van der Waals surface area (Å²) in [4.78, 5) is 27.7. The quantitative estimate of drug-likeness (QED) is 0.524. The van der Waals surface area contributed by atoms with Gasteiger partial charge in [-0.15, -0.1) is 5.10 Å². The molecule has 5 rings (SSSR count). The summed E-state index contributed by atoms with van der Waals surface area (Å²) in [6, 6.07) is 17.2. The van der Waals surface area contributed by atoms with Crippen LogP contribution in [0.2, 0.25) is 0 Å². The van der Waals surface area contributed by atoms with Crippen molar-refractivity contribution in [3.8, 4) is 5.69 Å². The number of nitrogens with zero attached hydrogens (tertiary/aromatic N) is 6. The van der Waals surface area contributed by atoms with E-state index in [1.807, 2.05) is 54.6 Å². The van der Waals surface area contributed by atoms with E-state index in [9.17, 15) is 9.59 Å². The zero-order chi connectivity index (χ0) is 21.9. The monoisotopic (exact) mass is 429 g/mol. The smallest absolute Gasteiger partial charge is 0.281 e. The summed E-state index contributed by atoms with van der Waals surface area (Å²) in [6.45, 7) is 1.90. The molecule has 4 aromatic rings. The first kappa shape index (κ1) is 19.9. The SMILES string of the molecule is O=C(Cn1nnc2c(cnn2-c2ccccc2)c1=O)Nc1ccc(N2CCCCC2)cc1. The third-order valence-corrected chi connectivity index (χ3v) is 5.62. The lowest BCUT2D eigenvalue weighted by Gasteiger charge is -2.28. The average molecular weight is 429 g/mol. The minimum absolute atomic E-state index is 0.230. The Labute approximate surface area is 184 Å². The van der Waals surface area contributed by atoms with Crippen LogP contribution in [0.15, 0.2) is 65.6 Å². The van der Waals surface area contributed by atoms with E-state index >= 15 is 0 Å². The first-order valence-corrected chi connectivity index (χ1v) is 10.7. The fourth-order valence-corrected chi connectivity index (χ4v) is 3.97. The Kier molecular flexibility index (Phi) is 5.37. The van der Waals surface area contributed by atoms with Gasteiger partial charge in [-0.2, -0.15) is 5.10 Å². The van der Waals surface area contributed by atoms with Gasteiger partial charge in [0.2, 0.25) is 5.91 Å². The summed E-state index contributed by atoms with van der Waals surface area (Å²) in [7, 11) is 0. The van der Waals surface area contributed by atoms with Gasteiger partial charge in [0.15, 0.2) is 5.65 Å². The van der Waals surface area contributed by atoms with E-state index in [4.69, 9.17) is 0 Å². The van der Waals surface area contributed by atoms with Crippen LogP contribution in [0.5, 0.6) is 0 Å². The van der Waals surface area contributed by atoms with Crippen LogP contribution in [-0.4, -0.2) is 43.8 Å². The van der Waals surface area contributed by atoms with E-state index in [0.29, 0.717) is 16.7 Å². The normalized spacial score (nSPS) is 13.9. The van der Waals surface area contributed by atoms with Gasteiger partial charge >= 0.3 is 0 Å². The Bertz CT molecular complexity index is 1290. The Morgan fingerprint density at radius 2 is 1.69 bits per heavy atom. The molecule has 0 radical (unpaired) electrons. The van der Waals surface area contributed by atoms with Gasteiger partial charge in [-0.3, -0.25) is 9.59 Å². The van der Waals surface area contributed by atoms with E-state index in [1.165, 1.54) is 25.5 Å². The molecular formula is C23H23N7O2. The van der Waals surface area contributed by atoms with Crippen molar-refractivity contribution in [2.45, 2.75) is 25.8 Å². The van der Waals surface area contributed by atoms with E-state index in [0.717, 1.165) is 29.1 Å². The molecule has 1 aliphatic rings. The molecule has 9 nitrogen and oxygen atoms in total. The van der Waals surface area contributed by atoms with Crippen molar-refractivity contribution >= 4 is 28.3 Å². The van der Waals surface area contributed by atoms with Crippen LogP contribution in [0.4, 0.5) is 11.4 Å². The number of carbonyl (C=O) groups excluding carboxylic acids is 1. The van der Waals surface area contributed by atoms with Crippen molar-refractivity contribution < 1.29 is 4.79 Å². The van der Waals surface area contributed by atoms with Gasteiger partial charge in [0.1, 0.15) is 11.9 Å². The first-order chi connectivity index (χ1) is 15.7. The summed E-state index contributed by atoms with van der Waals surface area (Å²) < 4.78 is 2.61. The van der Waals surface area contributed by atoms with Crippen molar-refractivity contribution in [2.24, 2.45) is 0 Å². The molecule has 0 aliphatic carbocycles. The van der Waals surface area contributed by atoms with Crippen LogP contribution in [0.25, 0.3) is 16.7 Å². The third-order valence-electron chi connectivity index (χ3n) is 5.62. The molecule has 0 saturated carbocycles. The fraction of sp³-hybridized carbons (Fsp3) is 0.261. The molecule has 32 heavy (non-hydrogen) atoms. The van der Waals surface area contributed by atoms with Crippen LogP contribution in [-0.2, 0) is 11.3 Å². The van der Waals surface area contributed by atoms with Crippen molar-refractivity contribution in [3.05, 3.63) is 71.1 Å². The summed E-state index contributed by atoms with van der Waals surface area (Å²) in [5.41, 5.74) is 2.55. The number of aromatic nitrogens is 5. The lowest BCUT2D eigenvalue weighted by Crippen LogP contribution is -2.30. The lowest BCUT2D eigenvalue weighted by molar-refractivity contribution is -0.117. The Morgan fingerprint density at radius 3 is 2.44 bits per heavy atom.